The van der Waals surface area contributed by atoms with Gasteiger partial charge in [-0.05, 0) is 19.3 Å². The van der Waals surface area contributed by atoms with E-state index < -0.39 is 0 Å². The molecule has 0 unspecified atom stereocenters. The molecule has 1 N–H and O–H groups in total. The fourth-order valence-corrected chi connectivity index (χ4v) is 1.58. The van der Waals surface area contributed by atoms with Gasteiger partial charge in [0.25, 0.3) is 0 Å². The van der Waals surface area contributed by atoms with Gasteiger partial charge in [0.15, 0.2) is 5.82 Å². The van der Waals surface area contributed by atoms with Crippen molar-refractivity contribution in [3.05, 3.63) is 16.7 Å². The van der Waals surface area contributed by atoms with Crippen molar-refractivity contribution in [1.29, 1.82) is 0 Å². The molecule has 1 fully saturated rings. The van der Waals surface area contributed by atoms with Crippen molar-refractivity contribution in [1.82, 2.24) is 15.2 Å². The molecule has 0 aromatic carbocycles. The molecule has 5 heteroatoms. The van der Waals surface area contributed by atoms with Crippen LogP contribution in [0.1, 0.15) is 19.3 Å². The fraction of sp³-hybridized carbons (Fsp3) is 0.625. The first-order valence-corrected chi connectivity index (χ1v) is 4.53. The van der Waals surface area contributed by atoms with Gasteiger partial charge in [0.1, 0.15) is 0 Å². The lowest BCUT2D eigenvalue weighted by Crippen LogP contribution is -2.32. The highest BCUT2D eigenvalue weighted by molar-refractivity contribution is 5.34. The Bertz CT molecular complexity index is 329. The Morgan fingerprint density at radius 3 is 2.77 bits per heavy atom. The van der Waals surface area contributed by atoms with Crippen molar-refractivity contribution < 1.29 is 0 Å². The topological polar surface area (TPSA) is 61.9 Å². The molecule has 0 amide bonds. The molecule has 70 valence electrons. The molecular formula is C8H12N4O. The third-order valence-corrected chi connectivity index (χ3v) is 2.24. The van der Waals surface area contributed by atoms with Gasteiger partial charge in [-0.1, -0.05) is 0 Å². The molecular weight excluding hydrogens is 168 g/mol. The molecule has 5 nitrogen and oxygen atoms in total. The third kappa shape index (κ3) is 1.85. The van der Waals surface area contributed by atoms with Crippen LogP contribution < -0.4 is 10.6 Å². The van der Waals surface area contributed by atoms with Gasteiger partial charge in [-0.3, -0.25) is 0 Å². The largest absolute Gasteiger partial charge is 0.363 e. The summed E-state index contributed by atoms with van der Waals surface area (Å²) in [7, 11) is 0. The van der Waals surface area contributed by atoms with E-state index in [1.54, 1.807) is 6.20 Å². The summed E-state index contributed by atoms with van der Waals surface area (Å²) in [6.45, 7) is 1.97. The maximum Gasteiger partial charge on any atom is 0.363 e. The zero-order valence-corrected chi connectivity index (χ0v) is 7.36. The SMILES string of the molecule is O=c1nc(N2CCCCC2)cn[nH]1. The van der Waals surface area contributed by atoms with Gasteiger partial charge in [-0.25, -0.2) is 9.89 Å². The molecule has 1 aliphatic heterocycles. The lowest BCUT2D eigenvalue weighted by atomic mass is 10.1. The minimum absolute atomic E-state index is 0.372. The quantitative estimate of drug-likeness (QED) is 0.668. The molecule has 0 saturated carbocycles. The highest BCUT2D eigenvalue weighted by Gasteiger charge is 2.12. The number of piperidine rings is 1. The first-order valence-electron chi connectivity index (χ1n) is 4.53. The van der Waals surface area contributed by atoms with E-state index in [1.807, 2.05) is 0 Å². The Morgan fingerprint density at radius 1 is 1.31 bits per heavy atom. The molecule has 13 heavy (non-hydrogen) atoms. The summed E-state index contributed by atoms with van der Waals surface area (Å²) in [6, 6.07) is 0. The van der Waals surface area contributed by atoms with Crippen LogP contribution in [0.25, 0.3) is 0 Å². The standard InChI is InChI=1S/C8H12N4O/c13-8-10-7(6-9-11-8)12-4-2-1-3-5-12/h6H,1-5H2,(H,10,11,13). The summed E-state index contributed by atoms with van der Waals surface area (Å²) in [5.41, 5.74) is -0.372. The molecule has 0 spiro atoms. The number of aromatic amines is 1. The predicted molar refractivity (Wildman–Crippen MR) is 48.7 cm³/mol. The first-order chi connectivity index (χ1) is 6.36. The lowest BCUT2D eigenvalue weighted by molar-refractivity contribution is 0.570. The Morgan fingerprint density at radius 2 is 2.08 bits per heavy atom. The molecule has 1 aromatic rings. The van der Waals surface area contributed by atoms with Crippen molar-refractivity contribution >= 4 is 5.82 Å². The van der Waals surface area contributed by atoms with Crippen molar-refractivity contribution in [2.45, 2.75) is 19.3 Å². The number of H-pyrrole nitrogens is 1. The van der Waals surface area contributed by atoms with E-state index in [9.17, 15) is 4.79 Å². The average Bonchev–Trinajstić information content (AvgIpc) is 2.19. The molecule has 1 aromatic heterocycles. The van der Waals surface area contributed by atoms with Crippen molar-refractivity contribution in [3.63, 3.8) is 0 Å². The normalized spacial score (nSPS) is 17.4. The number of aromatic nitrogens is 3. The zero-order valence-electron chi connectivity index (χ0n) is 7.36. The highest BCUT2D eigenvalue weighted by atomic mass is 16.1. The molecule has 0 radical (unpaired) electrons. The molecule has 2 rings (SSSR count). The van der Waals surface area contributed by atoms with Gasteiger partial charge in [0.2, 0.25) is 0 Å². The second-order valence-corrected chi connectivity index (χ2v) is 3.19. The van der Waals surface area contributed by atoms with Crippen LogP contribution in [0, 0.1) is 0 Å². The number of rotatable bonds is 1. The fourth-order valence-electron chi connectivity index (χ4n) is 1.58. The van der Waals surface area contributed by atoms with Gasteiger partial charge in [-0.2, -0.15) is 10.1 Å². The Kier molecular flexibility index (Phi) is 2.25. The smallest absolute Gasteiger partial charge is 0.355 e. The van der Waals surface area contributed by atoms with E-state index in [0.29, 0.717) is 5.82 Å². The summed E-state index contributed by atoms with van der Waals surface area (Å²) in [4.78, 5) is 16.8. The maximum absolute atomic E-state index is 10.9. The highest BCUT2D eigenvalue weighted by Crippen LogP contribution is 2.14. The minimum atomic E-state index is -0.372. The van der Waals surface area contributed by atoms with Gasteiger partial charge >= 0.3 is 5.69 Å². The first kappa shape index (κ1) is 8.22. The summed E-state index contributed by atoms with van der Waals surface area (Å²) < 4.78 is 0. The van der Waals surface area contributed by atoms with Crippen molar-refractivity contribution in [2.75, 3.05) is 18.0 Å². The van der Waals surface area contributed by atoms with Crippen LogP contribution in [-0.4, -0.2) is 28.3 Å². The third-order valence-electron chi connectivity index (χ3n) is 2.24. The molecule has 0 bridgehead atoms. The monoisotopic (exact) mass is 180 g/mol. The summed E-state index contributed by atoms with van der Waals surface area (Å²) in [6.07, 6.45) is 5.22. The van der Waals surface area contributed by atoms with Gasteiger partial charge in [-0.15, -0.1) is 0 Å². The van der Waals surface area contributed by atoms with E-state index in [0.717, 1.165) is 13.1 Å². The molecule has 1 aliphatic rings. The van der Waals surface area contributed by atoms with E-state index in [2.05, 4.69) is 20.1 Å². The van der Waals surface area contributed by atoms with Crippen molar-refractivity contribution in [2.24, 2.45) is 0 Å². The Hall–Kier alpha value is -1.39. The van der Waals surface area contributed by atoms with Crippen LogP contribution in [0.15, 0.2) is 11.0 Å². The second-order valence-electron chi connectivity index (χ2n) is 3.19. The van der Waals surface area contributed by atoms with Crippen LogP contribution in [-0.2, 0) is 0 Å². The van der Waals surface area contributed by atoms with E-state index in [1.165, 1.54) is 19.3 Å². The predicted octanol–water partition coefficient (Wildman–Crippen LogP) is 0.155. The summed E-state index contributed by atoms with van der Waals surface area (Å²) >= 11 is 0. The molecule has 0 aliphatic carbocycles. The molecule has 1 saturated heterocycles. The molecule has 0 atom stereocenters. The lowest BCUT2D eigenvalue weighted by Gasteiger charge is -2.26. The number of nitrogens with zero attached hydrogens (tertiary/aromatic N) is 3. The Balaban J connectivity index is 2.19. The summed E-state index contributed by atoms with van der Waals surface area (Å²) in [5, 5.41) is 5.99. The summed E-state index contributed by atoms with van der Waals surface area (Å²) in [5.74, 6) is 0.698. The van der Waals surface area contributed by atoms with E-state index >= 15 is 0 Å². The number of nitrogens with one attached hydrogen (secondary N) is 1. The minimum Gasteiger partial charge on any atom is -0.355 e. The van der Waals surface area contributed by atoms with Gasteiger partial charge in [0, 0.05) is 13.1 Å². The van der Waals surface area contributed by atoms with Crippen molar-refractivity contribution in [3.8, 4) is 0 Å². The van der Waals surface area contributed by atoms with E-state index in [-0.39, 0.29) is 5.69 Å². The Labute approximate surface area is 75.8 Å². The van der Waals surface area contributed by atoms with Crippen LogP contribution in [0.2, 0.25) is 0 Å². The van der Waals surface area contributed by atoms with Crippen LogP contribution >= 0.6 is 0 Å². The average molecular weight is 180 g/mol. The number of hydrogen-bond donors (Lipinski definition) is 1. The number of anilines is 1. The zero-order chi connectivity index (χ0) is 9.10. The van der Waals surface area contributed by atoms with Crippen LogP contribution in [0.5, 0.6) is 0 Å². The second kappa shape index (κ2) is 3.55. The maximum atomic E-state index is 10.9. The van der Waals surface area contributed by atoms with Crippen LogP contribution in [0.4, 0.5) is 5.82 Å². The van der Waals surface area contributed by atoms with Gasteiger partial charge < -0.3 is 4.90 Å². The van der Waals surface area contributed by atoms with Gasteiger partial charge in [0.05, 0.1) is 6.20 Å². The number of hydrogen-bond acceptors (Lipinski definition) is 4. The van der Waals surface area contributed by atoms with E-state index in [4.69, 9.17) is 0 Å². The molecule has 2 heterocycles. The van der Waals surface area contributed by atoms with Crippen LogP contribution in [0.3, 0.4) is 0 Å².